The quantitative estimate of drug-likeness (QED) is 0.866. The van der Waals surface area contributed by atoms with Crippen molar-refractivity contribution in [3.05, 3.63) is 59.7 Å². The molecule has 1 atom stereocenters. The van der Waals surface area contributed by atoms with Gasteiger partial charge in [0.15, 0.2) is 5.54 Å². The minimum absolute atomic E-state index is 0.0980. The molecule has 0 heterocycles. The van der Waals surface area contributed by atoms with E-state index >= 15 is 0 Å². The fourth-order valence-corrected chi connectivity index (χ4v) is 3.06. The Labute approximate surface area is 148 Å². The van der Waals surface area contributed by atoms with Crippen molar-refractivity contribution in [2.45, 2.75) is 24.6 Å². The van der Waals surface area contributed by atoms with Crippen molar-refractivity contribution in [2.24, 2.45) is 0 Å². The number of amides is 1. The lowest BCUT2D eigenvalue weighted by Crippen LogP contribution is -2.59. The molecule has 1 unspecified atom stereocenters. The summed E-state index contributed by atoms with van der Waals surface area (Å²) in [7, 11) is 0. The number of aliphatic hydroxyl groups excluding tert-OH is 1. The number of rotatable bonds is 4. The van der Waals surface area contributed by atoms with Crippen LogP contribution in [-0.4, -0.2) is 36.1 Å². The summed E-state index contributed by atoms with van der Waals surface area (Å²) in [6, 6.07) is 15.3. The summed E-state index contributed by atoms with van der Waals surface area (Å²) in [5, 5.41) is 10.7. The predicted molar refractivity (Wildman–Crippen MR) is 89.8 cm³/mol. The highest BCUT2D eigenvalue weighted by molar-refractivity contribution is 5.79. The van der Waals surface area contributed by atoms with Crippen LogP contribution >= 0.6 is 0 Å². The average Bonchev–Trinajstić information content (AvgIpc) is 2.93. The molecule has 0 saturated heterocycles. The van der Waals surface area contributed by atoms with Gasteiger partial charge in [-0.1, -0.05) is 48.5 Å². The van der Waals surface area contributed by atoms with Crippen molar-refractivity contribution < 1.29 is 27.8 Å². The van der Waals surface area contributed by atoms with Crippen LogP contribution in [0.15, 0.2) is 48.5 Å². The fraction of sp³-hybridized carbons (Fsp3) is 0.316. The Hall–Kier alpha value is -2.54. The van der Waals surface area contributed by atoms with E-state index in [1.807, 2.05) is 48.5 Å². The summed E-state index contributed by atoms with van der Waals surface area (Å²) in [6.07, 6.45) is -6.02. The first kappa shape index (κ1) is 18.3. The lowest BCUT2D eigenvalue weighted by molar-refractivity contribution is -0.198. The number of carbonyl (C=O) groups excluding carboxylic acids is 1. The van der Waals surface area contributed by atoms with E-state index in [0.717, 1.165) is 22.3 Å². The van der Waals surface area contributed by atoms with E-state index in [-0.39, 0.29) is 12.5 Å². The molecule has 0 aliphatic heterocycles. The highest BCUT2D eigenvalue weighted by atomic mass is 19.4. The van der Waals surface area contributed by atoms with E-state index in [1.165, 1.54) is 0 Å². The number of aliphatic hydroxyl groups is 1. The number of hydrogen-bond acceptors (Lipinski definition) is 3. The SMILES string of the molecule is CC(CO)(NC(=O)OCC1c2ccccc2-c2ccccc21)C(F)(F)F. The third-order valence-corrected chi connectivity index (χ3v) is 4.66. The Bertz CT molecular complexity index is 776. The van der Waals surface area contributed by atoms with Gasteiger partial charge in [-0.05, 0) is 29.2 Å². The molecular formula is C19H18F3NO3. The Morgan fingerprint density at radius 2 is 1.58 bits per heavy atom. The van der Waals surface area contributed by atoms with Gasteiger partial charge in [0.1, 0.15) is 6.61 Å². The third kappa shape index (κ3) is 3.14. The number of alkyl halides is 3. The first-order valence-electron chi connectivity index (χ1n) is 8.07. The first-order chi connectivity index (χ1) is 12.3. The number of nitrogens with one attached hydrogen (secondary N) is 1. The molecule has 7 heteroatoms. The molecule has 0 spiro atoms. The van der Waals surface area contributed by atoms with Gasteiger partial charge < -0.3 is 15.2 Å². The molecule has 0 aromatic heterocycles. The van der Waals surface area contributed by atoms with Crippen molar-refractivity contribution in [1.29, 1.82) is 0 Å². The van der Waals surface area contributed by atoms with Gasteiger partial charge in [-0.15, -0.1) is 0 Å². The van der Waals surface area contributed by atoms with Gasteiger partial charge in [0.05, 0.1) is 6.61 Å². The van der Waals surface area contributed by atoms with E-state index in [1.54, 1.807) is 5.32 Å². The molecule has 0 saturated carbocycles. The maximum atomic E-state index is 13.0. The highest BCUT2D eigenvalue weighted by Crippen LogP contribution is 2.44. The number of carbonyl (C=O) groups is 1. The lowest BCUT2D eigenvalue weighted by Gasteiger charge is -2.30. The molecule has 3 rings (SSSR count). The number of halogens is 3. The normalized spacial score (nSPS) is 15.7. The molecule has 0 fully saturated rings. The standard InChI is InChI=1S/C19H18F3NO3/c1-18(11-24,19(20,21)22)23-17(25)26-10-16-14-8-4-2-6-12(14)13-7-3-5-9-15(13)16/h2-9,16,24H,10-11H2,1H3,(H,23,25). The molecule has 2 aromatic rings. The van der Waals surface area contributed by atoms with Crippen LogP contribution in [0.25, 0.3) is 11.1 Å². The number of alkyl carbamates (subject to hydrolysis) is 1. The van der Waals surface area contributed by atoms with E-state index < -0.39 is 24.4 Å². The summed E-state index contributed by atoms with van der Waals surface area (Å²) < 4.78 is 44.0. The fourth-order valence-electron chi connectivity index (χ4n) is 3.06. The van der Waals surface area contributed by atoms with Crippen LogP contribution in [-0.2, 0) is 4.74 Å². The van der Waals surface area contributed by atoms with E-state index in [4.69, 9.17) is 9.84 Å². The third-order valence-electron chi connectivity index (χ3n) is 4.66. The minimum Gasteiger partial charge on any atom is -0.449 e. The maximum absolute atomic E-state index is 13.0. The van der Waals surface area contributed by atoms with Crippen LogP contribution in [0.4, 0.5) is 18.0 Å². The van der Waals surface area contributed by atoms with Crippen LogP contribution in [0.2, 0.25) is 0 Å². The molecular weight excluding hydrogens is 347 g/mol. The summed E-state index contributed by atoms with van der Waals surface area (Å²) >= 11 is 0. The number of benzene rings is 2. The zero-order valence-corrected chi connectivity index (χ0v) is 14.0. The zero-order chi connectivity index (χ0) is 18.9. The smallest absolute Gasteiger partial charge is 0.413 e. The second kappa shape index (κ2) is 6.64. The number of ether oxygens (including phenoxy) is 1. The van der Waals surface area contributed by atoms with Crippen LogP contribution in [0.3, 0.4) is 0 Å². The van der Waals surface area contributed by atoms with Crippen molar-refractivity contribution in [1.82, 2.24) is 5.32 Å². The summed E-state index contributed by atoms with van der Waals surface area (Å²) in [4.78, 5) is 11.9. The molecule has 138 valence electrons. The molecule has 0 radical (unpaired) electrons. The lowest BCUT2D eigenvalue weighted by atomic mass is 9.98. The van der Waals surface area contributed by atoms with Gasteiger partial charge in [0.25, 0.3) is 0 Å². The van der Waals surface area contributed by atoms with Crippen LogP contribution < -0.4 is 5.32 Å². The zero-order valence-electron chi connectivity index (χ0n) is 14.0. The second-order valence-electron chi connectivity index (χ2n) is 6.44. The van der Waals surface area contributed by atoms with Gasteiger partial charge in [0.2, 0.25) is 0 Å². The van der Waals surface area contributed by atoms with Crippen molar-refractivity contribution >= 4 is 6.09 Å². The van der Waals surface area contributed by atoms with Crippen LogP contribution in [0.1, 0.15) is 24.0 Å². The molecule has 1 amide bonds. The Kier molecular flexibility index (Phi) is 4.66. The molecule has 1 aliphatic carbocycles. The topological polar surface area (TPSA) is 58.6 Å². The summed E-state index contributed by atoms with van der Waals surface area (Å²) in [6.45, 7) is -0.672. The van der Waals surface area contributed by atoms with Crippen molar-refractivity contribution in [3.8, 4) is 11.1 Å². The average molecular weight is 365 g/mol. The monoisotopic (exact) mass is 365 g/mol. The van der Waals surface area contributed by atoms with E-state index in [0.29, 0.717) is 6.92 Å². The van der Waals surface area contributed by atoms with E-state index in [9.17, 15) is 18.0 Å². The minimum atomic E-state index is -4.80. The summed E-state index contributed by atoms with van der Waals surface area (Å²) in [5.41, 5.74) is 1.21. The Morgan fingerprint density at radius 3 is 2.04 bits per heavy atom. The second-order valence-corrected chi connectivity index (χ2v) is 6.44. The molecule has 0 bridgehead atoms. The van der Waals surface area contributed by atoms with Crippen molar-refractivity contribution in [3.63, 3.8) is 0 Å². The molecule has 2 aromatic carbocycles. The number of hydrogen-bond donors (Lipinski definition) is 2. The van der Waals surface area contributed by atoms with E-state index in [2.05, 4.69) is 0 Å². The predicted octanol–water partition coefficient (Wildman–Crippen LogP) is 3.84. The first-order valence-corrected chi connectivity index (χ1v) is 8.07. The van der Waals surface area contributed by atoms with Gasteiger partial charge in [-0.3, -0.25) is 0 Å². The molecule has 26 heavy (non-hydrogen) atoms. The highest BCUT2D eigenvalue weighted by Gasteiger charge is 2.52. The summed E-state index contributed by atoms with van der Waals surface area (Å²) in [5.74, 6) is -0.251. The van der Waals surface area contributed by atoms with Crippen LogP contribution in [0, 0.1) is 0 Å². The largest absolute Gasteiger partial charge is 0.449 e. The molecule has 4 nitrogen and oxygen atoms in total. The van der Waals surface area contributed by atoms with Gasteiger partial charge in [0, 0.05) is 5.92 Å². The molecule has 1 aliphatic rings. The maximum Gasteiger partial charge on any atom is 0.413 e. The van der Waals surface area contributed by atoms with Gasteiger partial charge in [-0.2, -0.15) is 13.2 Å². The van der Waals surface area contributed by atoms with Gasteiger partial charge >= 0.3 is 12.3 Å². The Morgan fingerprint density at radius 1 is 1.08 bits per heavy atom. The Balaban J connectivity index is 1.75. The van der Waals surface area contributed by atoms with Gasteiger partial charge in [-0.25, -0.2) is 4.79 Å². The van der Waals surface area contributed by atoms with Crippen molar-refractivity contribution in [2.75, 3.05) is 13.2 Å². The van der Waals surface area contributed by atoms with Crippen LogP contribution in [0.5, 0.6) is 0 Å². The number of fused-ring (bicyclic) bond motifs is 3. The molecule has 2 N–H and O–H groups in total.